The first kappa shape index (κ1) is 23.6. The molecule has 1 aliphatic rings. The highest BCUT2D eigenvalue weighted by Crippen LogP contribution is 2.31. The monoisotopic (exact) mass is 489 g/mol. The van der Waals surface area contributed by atoms with E-state index in [1.807, 2.05) is 31.2 Å². The molecule has 0 radical (unpaired) electrons. The Bertz CT molecular complexity index is 1220. The molecule has 1 saturated heterocycles. The molecule has 2 heterocycles. The number of ether oxygens (including phenoxy) is 2. The molecule has 33 heavy (non-hydrogen) atoms. The van der Waals surface area contributed by atoms with Crippen molar-refractivity contribution in [3.05, 3.63) is 48.0 Å². The maximum absolute atomic E-state index is 13.2. The summed E-state index contributed by atoms with van der Waals surface area (Å²) in [5, 5.41) is 0.529. The average molecular weight is 490 g/mol. The molecule has 0 aliphatic carbocycles. The third-order valence-electron chi connectivity index (χ3n) is 5.44. The Balaban J connectivity index is 1.55. The van der Waals surface area contributed by atoms with E-state index in [1.54, 1.807) is 23.1 Å². The summed E-state index contributed by atoms with van der Waals surface area (Å²) < 4.78 is 35.7. The molecule has 8 nitrogen and oxygen atoms in total. The lowest BCUT2D eigenvalue weighted by atomic mass is 10.2. The van der Waals surface area contributed by atoms with Gasteiger partial charge >= 0.3 is 0 Å². The maximum atomic E-state index is 13.2. The van der Waals surface area contributed by atoms with Gasteiger partial charge in [0.1, 0.15) is 5.75 Å². The van der Waals surface area contributed by atoms with Gasteiger partial charge in [-0.05, 0) is 37.3 Å². The molecule has 2 aromatic carbocycles. The van der Waals surface area contributed by atoms with Crippen molar-refractivity contribution in [1.29, 1.82) is 0 Å². The third-order valence-corrected chi connectivity index (χ3v) is 7.59. The van der Waals surface area contributed by atoms with E-state index in [4.69, 9.17) is 9.47 Å². The molecule has 4 rings (SSSR count). The number of aromatic nitrogens is 1. The Morgan fingerprint density at radius 3 is 2.61 bits per heavy atom. The van der Waals surface area contributed by atoms with E-state index in [9.17, 15) is 13.2 Å². The number of benzene rings is 2. The van der Waals surface area contributed by atoms with Crippen LogP contribution in [0.5, 0.6) is 5.75 Å². The fourth-order valence-electron chi connectivity index (χ4n) is 3.49. The van der Waals surface area contributed by atoms with Gasteiger partial charge in [0.15, 0.2) is 21.6 Å². The number of carbonyl (C=O) groups is 1. The van der Waals surface area contributed by atoms with Gasteiger partial charge in [0.05, 0.1) is 28.3 Å². The lowest BCUT2D eigenvalue weighted by Gasteiger charge is -2.29. The SMILES string of the molecule is Cc1ccc(OCC(=O)N(CCN2CCOCC2)c2nc3ccc(S(C)(=O)=O)cc3s2)cc1. The van der Waals surface area contributed by atoms with Crippen LogP contribution in [0.15, 0.2) is 47.4 Å². The smallest absolute Gasteiger partial charge is 0.266 e. The van der Waals surface area contributed by atoms with Crippen LogP contribution in [-0.2, 0) is 19.4 Å². The van der Waals surface area contributed by atoms with Crippen LogP contribution >= 0.6 is 11.3 Å². The quantitative estimate of drug-likeness (QED) is 0.481. The van der Waals surface area contributed by atoms with E-state index in [0.29, 0.717) is 42.7 Å². The van der Waals surface area contributed by atoms with E-state index >= 15 is 0 Å². The van der Waals surface area contributed by atoms with Crippen molar-refractivity contribution >= 4 is 42.4 Å². The molecule has 1 aromatic heterocycles. The Morgan fingerprint density at radius 1 is 1.18 bits per heavy atom. The number of hydrogen-bond acceptors (Lipinski definition) is 8. The molecule has 10 heteroatoms. The molecular weight excluding hydrogens is 462 g/mol. The summed E-state index contributed by atoms with van der Waals surface area (Å²) in [6, 6.07) is 12.4. The van der Waals surface area contributed by atoms with Crippen LogP contribution in [0.3, 0.4) is 0 Å². The van der Waals surface area contributed by atoms with Crippen LogP contribution in [0.1, 0.15) is 5.56 Å². The van der Waals surface area contributed by atoms with E-state index in [0.717, 1.165) is 23.4 Å². The number of rotatable bonds is 8. The highest BCUT2D eigenvalue weighted by Gasteiger charge is 2.22. The summed E-state index contributed by atoms with van der Waals surface area (Å²) in [5.41, 5.74) is 1.77. The number of thiazole rings is 1. The average Bonchev–Trinajstić information content (AvgIpc) is 3.22. The molecule has 0 bridgehead atoms. The number of aryl methyl sites for hydroxylation is 1. The molecule has 0 spiro atoms. The van der Waals surface area contributed by atoms with Crippen molar-refractivity contribution in [3.63, 3.8) is 0 Å². The predicted octanol–water partition coefficient (Wildman–Crippen LogP) is 2.75. The van der Waals surface area contributed by atoms with Crippen molar-refractivity contribution in [2.75, 3.05) is 57.2 Å². The van der Waals surface area contributed by atoms with Crippen LogP contribution in [0.4, 0.5) is 5.13 Å². The van der Waals surface area contributed by atoms with Gasteiger partial charge in [0, 0.05) is 32.4 Å². The van der Waals surface area contributed by atoms with Crippen molar-refractivity contribution in [3.8, 4) is 5.75 Å². The van der Waals surface area contributed by atoms with Crippen LogP contribution in [0, 0.1) is 6.92 Å². The van der Waals surface area contributed by atoms with Crippen molar-refractivity contribution < 1.29 is 22.7 Å². The number of anilines is 1. The van der Waals surface area contributed by atoms with Gasteiger partial charge in [-0.2, -0.15) is 0 Å². The number of nitrogens with zero attached hydrogens (tertiary/aromatic N) is 3. The number of sulfone groups is 1. The number of carbonyl (C=O) groups excluding carboxylic acids is 1. The Kier molecular flexibility index (Phi) is 7.28. The topological polar surface area (TPSA) is 89.0 Å². The van der Waals surface area contributed by atoms with Gasteiger partial charge in [-0.3, -0.25) is 14.6 Å². The summed E-state index contributed by atoms with van der Waals surface area (Å²) in [7, 11) is -3.33. The summed E-state index contributed by atoms with van der Waals surface area (Å²) in [5.74, 6) is 0.426. The molecule has 176 valence electrons. The zero-order valence-corrected chi connectivity index (χ0v) is 20.3. The molecule has 0 atom stereocenters. The fourth-order valence-corrected chi connectivity index (χ4v) is 5.26. The number of fused-ring (bicyclic) bond motifs is 1. The van der Waals surface area contributed by atoms with E-state index in [2.05, 4.69) is 9.88 Å². The Morgan fingerprint density at radius 2 is 1.91 bits per heavy atom. The van der Waals surface area contributed by atoms with Gasteiger partial charge in [-0.1, -0.05) is 29.0 Å². The minimum Gasteiger partial charge on any atom is -0.484 e. The van der Waals surface area contributed by atoms with Crippen LogP contribution in [-0.4, -0.2) is 76.5 Å². The second-order valence-electron chi connectivity index (χ2n) is 8.00. The normalized spacial score (nSPS) is 15.0. The van der Waals surface area contributed by atoms with E-state index in [1.165, 1.54) is 17.6 Å². The highest BCUT2D eigenvalue weighted by atomic mass is 32.2. The van der Waals surface area contributed by atoms with Crippen LogP contribution < -0.4 is 9.64 Å². The lowest BCUT2D eigenvalue weighted by molar-refractivity contribution is -0.120. The van der Waals surface area contributed by atoms with Crippen molar-refractivity contribution in [2.45, 2.75) is 11.8 Å². The second-order valence-corrected chi connectivity index (χ2v) is 11.0. The Hall–Kier alpha value is -2.53. The zero-order valence-electron chi connectivity index (χ0n) is 18.7. The van der Waals surface area contributed by atoms with Crippen LogP contribution in [0.25, 0.3) is 10.2 Å². The largest absolute Gasteiger partial charge is 0.484 e. The first-order valence-corrected chi connectivity index (χ1v) is 13.4. The predicted molar refractivity (Wildman–Crippen MR) is 129 cm³/mol. The van der Waals surface area contributed by atoms with Gasteiger partial charge in [0.2, 0.25) is 0 Å². The van der Waals surface area contributed by atoms with Crippen LogP contribution in [0.2, 0.25) is 0 Å². The lowest BCUT2D eigenvalue weighted by Crippen LogP contribution is -2.44. The fraction of sp³-hybridized carbons (Fsp3) is 0.391. The molecule has 0 saturated carbocycles. The zero-order chi connectivity index (χ0) is 23.4. The molecule has 0 unspecified atom stereocenters. The minimum absolute atomic E-state index is 0.114. The van der Waals surface area contributed by atoms with E-state index < -0.39 is 9.84 Å². The summed E-state index contributed by atoms with van der Waals surface area (Å²) in [6.45, 7) is 6.01. The minimum atomic E-state index is -3.33. The molecule has 3 aromatic rings. The van der Waals surface area contributed by atoms with Gasteiger partial charge < -0.3 is 9.47 Å². The first-order chi connectivity index (χ1) is 15.8. The molecule has 1 fully saturated rings. The molecular formula is C23H27N3O5S2. The van der Waals surface area contributed by atoms with E-state index in [-0.39, 0.29) is 17.4 Å². The van der Waals surface area contributed by atoms with Gasteiger partial charge in [0.25, 0.3) is 5.91 Å². The maximum Gasteiger partial charge on any atom is 0.266 e. The summed E-state index contributed by atoms with van der Waals surface area (Å²) in [4.78, 5) is 21.9. The van der Waals surface area contributed by atoms with Gasteiger partial charge in [-0.15, -0.1) is 0 Å². The van der Waals surface area contributed by atoms with Crippen molar-refractivity contribution in [1.82, 2.24) is 9.88 Å². The molecule has 1 amide bonds. The third kappa shape index (κ3) is 6.08. The van der Waals surface area contributed by atoms with Crippen molar-refractivity contribution in [2.24, 2.45) is 0 Å². The molecule has 0 N–H and O–H groups in total. The number of hydrogen-bond donors (Lipinski definition) is 0. The number of morpholine rings is 1. The molecule has 1 aliphatic heterocycles. The summed E-state index contributed by atoms with van der Waals surface area (Å²) >= 11 is 1.30. The summed E-state index contributed by atoms with van der Waals surface area (Å²) in [6.07, 6.45) is 1.18. The standard InChI is InChI=1S/C23H27N3O5S2/c1-17-3-5-18(6-4-17)31-16-22(27)26(10-9-25-11-13-30-14-12-25)23-24-20-8-7-19(33(2,28)29)15-21(20)32-23/h3-8,15H,9-14,16H2,1-2H3. The number of amides is 1. The Labute approximate surface area is 197 Å². The second kappa shape index (κ2) is 10.2. The van der Waals surface area contributed by atoms with Gasteiger partial charge in [-0.25, -0.2) is 13.4 Å². The first-order valence-electron chi connectivity index (χ1n) is 10.7. The highest BCUT2D eigenvalue weighted by molar-refractivity contribution is 7.90.